The number of imidazole rings is 1. The molecule has 2 aromatic rings. The largest absolute Gasteiger partial charge is 0.466 e. The van der Waals surface area contributed by atoms with Crippen molar-refractivity contribution in [2.24, 2.45) is 0 Å². The maximum absolute atomic E-state index is 12.3. The Kier molecular flexibility index (Phi) is 4.65. The quantitative estimate of drug-likeness (QED) is 0.626. The van der Waals surface area contributed by atoms with E-state index in [2.05, 4.69) is 9.72 Å². The summed E-state index contributed by atoms with van der Waals surface area (Å²) in [5, 5.41) is 0. The number of fused-ring (bicyclic) bond motifs is 1. The zero-order valence-electron chi connectivity index (χ0n) is 13.8. The van der Waals surface area contributed by atoms with Crippen LogP contribution in [0, 0.1) is 0 Å². The fraction of sp³-hybridized carbons (Fsp3) is 0.167. The first-order valence-electron chi connectivity index (χ1n) is 7.56. The van der Waals surface area contributed by atoms with Gasteiger partial charge in [-0.05, 0) is 11.6 Å². The van der Waals surface area contributed by atoms with Gasteiger partial charge in [0.25, 0.3) is 0 Å². The third kappa shape index (κ3) is 3.16. The lowest BCUT2D eigenvalue weighted by Crippen LogP contribution is -2.34. The Morgan fingerprint density at radius 2 is 2.00 bits per heavy atom. The highest BCUT2D eigenvalue weighted by molar-refractivity contribution is 5.96. The highest BCUT2D eigenvalue weighted by atomic mass is 16.5. The monoisotopic (exact) mass is 339 g/mol. The van der Waals surface area contributed by atoms with Crippen LogP contribution in [0.4, 0.5) is 0 Å². The molecular weight excluding hydrogens is 322 g/mol. The Hall–Kier alpha value is -3.35. The van der Waals surface area contributed by atoms with Gasteiger partial charge in [0.05, 0.1) is 26.6 Å². The number of benzene rings is 1. The summed E-state index contributed by atoms with van der Waals surface area (Å²) in [6.45, 7) is 0. The van der Waals surface area contributed by atoms with E-state index in [-0.39, 0.29) is 5.70 Å². The van der Waals surface area contributed by atoms with Crippen LogP contribution in [0.15, 0.2) is 61.0 Å². The molecule has 0 radical (unpaired) electrons. The lowest BCUT2D eigenvalue weighted by Gasteiger charge is -2.35. The van der Waals surface area contributed by atoms with Gasteiger partial charge in [0, 0.05) is 24.2 Å². The van der Waals surface area contributed by atoms with Crippen molar-refractivity contribution in [2.75, 3.05) is 14.2 Å². The van der Waals surface area contributed by atoms with E-state index >= 15 is 0 Å². The first-order chi connectivity index (χ1) is 12.2. The van der Waals surface area contributed by atoms with Gasteiger partial charge < -0.3 is 18.9 Å². The number of carbonyl (C=O) groups is 2. The van der Waals surface area contributed by atoms with Crippen LogP contribution in [0.1, 0.15) is 17.3 Å². The zero-order chi connectivity index (χ0) is 17.8. The second kappa shape index (κ2) is 7.04. The standard InChI is InChI=1S/C18H17N3O4/c1-24-16(22)11-15(18(23)25-2)21-9-7-13-5-3-4-6-14(13)17(21)20-10-8-19-12-20/h3-12,17H,1-2H3/b15-11+. The van der Waals surface area contributed by atoms with Crippen LogP contribution in [0.5, 0.6) is 0 Å². The van der Waals surface area contributed by atoms with Crippen molar-refractivity contribution in [3.8, 4) is 0 Å². The van der Waals surface area contributed by atoms with E-state index in [1.807, 2.05) is 34.9 Å². The molecule has 1 aliphatic heterocycles. The molecule has 2 heterocycles. The normalized spacial score (nSPS) is 16.3. The highest BCUT2D eigenvalue weighted by Crippen LogP contribution is 2.34. The average Bonchev–Trinajstić information content (AvgIpc) is 3.18. The second-order valence-corrected chi connectivity index (χ2v) is 5.28. The smallest absolute Gasteiger partial charge is 0.355 e. The molecule has 0 bridgehead atoms. The molecule has 7 heteroatoms. The highest BCUT2D eigenvalue weighted by Gasteiger charge is 2.31. The van der Waals surface area contributed by atoms with Crippen LogP contribution in [-0.2, 0) is 19.1 Å². The number of nitrogens with zero attached hydrogens (tertiary/aromatic N) is 3. The van der Waals surface area contributed by atoms with Gasteiger partial charge in [-0.15, -0.1) is 0 Å². The SMILES string of the molecule is COC(=O)/C=C(\C(=O)OC)N1C=Cc2ccccc2C1n1ccnc1. The third-order valence-corrected chi connectivity index (χ3v) is 3.89. The van der Waals surface area contributed by atoms with Gasteiger partial charge >= 0.3 is 11.9 Å². The molecule has 0 aliphatic carbocycles. The van der Waals surface area contributed by atoms with Gasteiger partial charge in [-0.25, -0.2) is 14.6 Å². The van der Waals surface area contributed by atoms with E-state index in [0.717, 1.165) is 17.2 Å². The van der Waals surface area contributed by atoms with E-state index in [0.29, 0.717) is 0 Å². The molecule has 3 rings (SSSR count). The number of methoxy groups -OCH3 is 2. The minimum absolute atomic E-state index is 0.0683. The third-order valence-electron chi connectivity index (χ3n) is 3.89. The molecule has 25 heavy (non-hydrogen) atoms. The summed E-state index contributed by atoms with van der Waals surface area (Å²) in [6.07, 6.45) is 9.44. The summed E-state index contributed by atoms with van der Waals surface area (Å²) in [7, 11) is 2.52. The van der Waals surface area contributed by atoms with Crippen LogP contribution in [0.2, 0.25) is 0 Å². The van der Waals surface area contributed by atoms with Crippen molar-refractivity contribution in [1.29, 1.82) is 0 Å². The average molecular weight is 339 g/mol. The van der Waals surface area contributed by atoms with Gasteiger partial charge in [-0.2, -0.15) is 0 Å². The van der Waals surface area contributed by atoms with Crippen LogP contribution in [0.25, 0.3) is 6.08 Å². The molecule has 0 saturated heterocycles. The predicted octanol–water partition coefficient (Wildman–Crippen LogP) is 1.95. The molecule has 0 fully saturated rings. The lowest BCUT2D eigenvalue weighted by atomic mass is 10.00. The van der Waals surface area contributed by atoms with Gasteiger partial charge in [-0.1, -0.05) is 24.3 Å². The van der Waals surface area contributed by atoms with Crippen molar-refractivity contribution in [1.82, 2.24) is 14.5 Å². The molecule has 0 saturated carbocycles. The Labute approximate surface area is 144 Å². The number of carbonyl (C=O) groups excluding carboxylic acids is 2. The van der Waals surface area contributed by atoms with Crippen LogP contribution in [0.3, 0.4) is 0 Å². The number of aromatic nitrogens is 2. The molecule has 1 aromatic carbocycles. The molecule has 1 unspecified atom stereocenters. The van der Waals surface area contributed by atoms with E-state index in [1.165, 1.54) is 14.2 Å². The number of esters is 2. The van der Waals surface area contributed by atoms with Crippen molar-refractivity contribution < 1.29 is 19.1 Å². The fourth-order valence-corrected chi connectivity index (χ4v) is 2.73. The van der Waals surface area contributed by atoms with Crippen molar-refractivity contribution in [2.45, 2.75) is 6.17 Å². The molecule has 1 aromatic heterocycles. The summed E-state index contributed by atoms with van der Waals surface area (Å²) in [5.41, 5.74) is 2.04. The van der Waals surface area contributed by atoms with Crippen LogP contribution < -0.4 is 0 Å². The summed E-state index contributed by atoms with van der Waals surface area (Å²) in [5.74, 6) is -1.28. The minimum atomic E-state index is -0.642. The second-order valence-electron chi connectivity index (χ2n) is 5.28. The Bertz CT molecular complexity index is 840. The molecule has 1 aliphatic rings. The molecule has 128 valence electrons. The van der Waals surface area contributed by atoms with E-state index in [1.54, 1.807) is 29.8 Å². The van der Waals surface area contributed by atoms with Gasteiger partial charge in [0.2, 0.25) is 0 Å². The van der Waals surface area contributed by atoms with Gasteiger partial charge in [0.1, 0.15) is 11.9 Å². The summed E-state index contributed by atoms with van der Waals surface area (Å²) in [4.78, 5) is 29.8. The Morgan fingerprint density at radius 3 is 2.68 bits per heavy atom. The van der Waals surface area contributed by atoms with Crippen molar-refractivity contribution in [3.63, 3.8) is 0 Å². The number of ether oxygens (including phenoxy) is 2. The molecule has 1 atom stereocenters. The number of hydrogen-bond acceptors (Lipinski definition) is 6. The predicted molar refractivity (Wildman–Crippen MR) is 89.8 cm³/mol. The summed E-state index contributed by atoms with van der Waals surface area (Å²) < 4.78 is 11.4. The summed E-state index contributed by atoms with van der Waals surface area (Å²) >= 11 is 0. The molecular formula is C18H17N3O4. The number of rotatable bonds is 4. The van der Waals surface area contributed by atoms with Gasteiger partial charge in [0.15, 0.2) is 0 Å². The number of hydrogen-bond donors (Lipinski definition) is 0. The fourth-order valence-electron chi connectivity index (χ4n) is 2.73. The minimum Gasteiger partial charge on any atom is -0.466 e. The van der Waals surface area contributed by atoms with Crippen molar-refractivity contribution >= 4 is 18.0 Å². The van der Waals surface area contributed by atoms with Gasteiger partial charge in [-0.3, -0.25) is 0 Å². The maximum Gasteiger partial charge on any atom is 0.355 e. The Balaban J connectivity index is 2.14. The zero-order valence-corrected chi connectivity index (χ0v) is 13.8. The van der Waals surface area contributed by atoms with Crippen molar-refractivity contribution in [3.05, 3.63) is 72.1 Å². The molecule has 0 spiro atoms. The lowest BCUT2D eigenvalue weighted by molar-refractivity contribution is -0.140. The van der Waals surface area contributed by atoms with E-state index < -0.39 is 18.1 Å². The topological polar surface area (TPSA) is 73.7 Å². The molecule has 7 nitrogen and oxygen atoms in total. The maximum atomic E-state index is 12.3. The van der Waals surface area contributed by atoms with Crippen LogP contribution in [-0.4, -0.2) is 40.6 Å². The van der Waals surface area contributed by atoms with E-state index in [9.17, 15) is 9.59 Å². The molecule has 0 amide bonds. The van der Waals surface area contributed by atoms with Crippen LogP contribution >= 0.6 is 0 Å². The summed E-state index contributed by atoms with van der Waals surface area (Å²) in [6, 6.07) is 7.80. The first-order valence-corrected chi connectivity index (χ1v) is 7.56. The Morgan fingerprint density at radius 1 is 1.20 bits per heavy atom. The van der Waals surface area contributed by atoms with E-state index in [4.69, 9.17) is 4.74 Å². The first kappa shape index (κ1) is 16.5. The molecule has 0 N–H and O–H groups in total.